The maximum absolute atomic E-state index is 5.36. The van der Waals surface area contributed by atoms with Gasteiger partial charge in [0.05, 0.1) is 12.2 Å². The van der Waals surface area contributed by atoms with Gasteiger partial charge in [-0.15, -0.1) is 10.2 Å². The number of aromatic nitrogens is 5. The summed E-state index contributed by atoms with van der Waals surface area (Å²) < 4.78 is 9.37. The van der Waals surface area contributed by atoms with Crippen LogP contribution in [-0.2, 0) is 24.9 Å². The third-order valence-corrected chi connectivity index (χ3v) is 3.00. The Morgan fingerprint density at radius 1 is 1.40 bits per heavy atom. The van der Waals surface area contributed by atoms with E-state index in [-0.39, 0.29) is 0 Å². The van der Waals surface area contributed by atoms with Crippen LogP contribution in [0.3, 0.4) is 0 Å². The van der Waals surface area contributed by atoms with Gasteiger partial charge in [-0.2, -0.15) is 0 Å². The number of hydrogen-bond acceptors (Lipinski definition) is 5. The highest BCUT2D eigenvalue weighted by molar-refractivity contribution is 5.29. The van der Waals surface area contributed by atoms with Gasteiger partial charge in [0.2, 0.25) is 5.95 Å². The van der Waals surface area contributed by atoms with Gasteiger partial charge in [0.15, 0.2) is 5.82 Å². The van der Waals surface area contributed by atoms with Gasteiger partial charge in [-0.05, 0) is 20.3 Å². The lowest BCUT2D eigenvalue weighted by atomic mass is 10.4. The summed E-state index contributed by atoms with van der Waals surface area (Å²) in [6.07, 6.45) is 4.71. The van der Waals surface area contributed by atoms with E-state index in [9.17, 15) is 0 Å². The largest absolute Gasteiger partial charge is 0.382 e. The molecule has 0 aliphatic rings. The predicted molar refractivity (Wildman–Crippen MR) is 76.4 cm³/mol. The third kappa shape index (κ3) is 3.80. The molecule has 2 aromatic heterocycles. The van der Waals surface area contributed by atoms with Crippen LogP contribution in [0.4, 0.5) is 5.95 Å². The third-order valence-electron chi connectivity index (χ3n) is 3.00. The van der Waals surface area contributed by atoms with Crippen molar-refractivity contribution in [2.45, 2.75) is 33.4 Å². The minimum absolute atomic E-state index is 0.610. The van der Waals surface area contributed by atoms with Crippen LogP contribution in [0.1, 0.15) is 24.9 Å². The monoisotopic (exact) mass is 278 g/mol. The molecule has 0 spiro atoms. The molecule has 7 heteroatoms. The molecule has 0 amide bonds. The van der Waals surface area contributed by atoms with Gasteiger partial charge < -0.3 is 19.2 Å². The quantitative estimate of drug-likeness (QED) is 0.738. The van der Waals surface area contributed by atoms with Gasteiger partial charge in [-0.25, -0.2) is 4.98 Å². The number of imidazole rings is 1. The average molecular weight is 278 g/mol. The summed E-state index contributed by atoms with van der Waals surface area (Å²) in [4.78, 5) is 4.49. The van der Waals surface area contributed by atoms with Crippen molar-refractivity contribution < 1.29 is 4.74 Å². The van der Waals surface area contributed by atoms with Crippen LogP contribution in [0, 0.1) is 6.92 Å². The van der Waals surface area contributed by atoms with E-state index in [2.05, 4.69) is 25.1 Å². The fraction of sp³-hybridized carbons (Fsp3) is 0.615. The van der Waals surface area contributed by atoms with E-state index in [1.165, 1.54) is 0 Å². The summed E-state index contributed by atoms with van der Waals surface area (Å²) in [5, 5.41) is 11.2. The Balaban J connectivity index is 1.91. The first kappa shape index (κ1) is 14.5. The van der Waals surface area contributed by atoms with E-state index in [0.29, 0.717) is 6.54 Å². The van der Waals surface area contributed by atoms with Crippen molar-refractivity contribution in [1.29, 1.82) is 0 Å². The van der Waals surface area contributed by atoms with Crippen molar-refractivity contribution >= 4 is 5.95 Å². The van der Waals surface area contributed by atoms with E-state index >= 15 is 0 Å². The molecule has 0 bridgehead atoms. The van der Waals surface area contributed by atoms with Crippen LogP contribution in [0.5, 0.6) is 0 Å². The topological polar surface area (TPSA) is 69.8 Å². The van der Waals surface area contributed by atoms with Gasteiger partial charge in [-0.3, -0.25) is 0 Å². The highest BCUT2D eigenvalue weighted by Crippen LogP contribution is 2.10. The fourth-order valence-electron chi connectivity index (χ4n) is 1.96. The fourth-order valence-corrected chi connectivity index (χ4v) is 1.96. The van der Waals surface area contributed by atoms with E-state index in [0.717, 1.165) is 43.6 Å². The summed E-state index contributed by atoms with van der Waals surface area (Å²) >= 11 is 0. The Kier molecular flexibility index (Phi) is 5.11. The van der Waals surface area contributed by atoms with Gasteiger partial charge in [0.25, 0.3) is 0 Å². The summed E-state index contributed by atoms with van der Waals surface area (Å²) in [5.74, 6) is 1.74. The molecule has 2 aromatic rings. The van der Waals surface area contributed by atoms with Gasteiger partial charge in [0.1, 0.15) is 6.33 Å². The number of aryl methyl sites for hydroxylation is 3. The molecule has 1 N–H and O–H groups in total. The number of rotatable bonds is 8. The Morgan fingerprint density at radius 2 is 2.25 bits per heavy atom. The highest BCUT2D eigenvalue weighted by Gasteiger charge is 2.07. The number of ether oxygens (including phenoxy) is 1. The normalized spacial score (nSPS) is 10.9. The molecular formula is C13H22N6O. The SMILES string of the molecule is CCOCCCn1cc(C)nc1NCc1nncn1C. The second-order valence-electron chi connectivity index (χ2n) is 4.66. The van der Waals surface area contributed by atoms with Crippen molar-refractivity contribution in [3.63, 3.8) is 0 Å². The van der Waals surface area contributed by atoms with E-state index in [4.69, 9.17) is 4.74 Å². The molecular weight excluding hydrogens is 256 g/mol. The predicted octanol–water partition coefficient (Wildman–Crippen LogP) is 1.36. The lowest BCUT2D eigenvalue weighted by Gasteiger charge is -2.09. The van der Waals surface area contributed by atoms with E-state index in [1.54, 1.807) is 6.33 Å². The van der Waals surface area contributed by atoms with Gasteiger partial charge in [0, 0.05) is 33.0 Å². The Morgan fingerprint density at radius 3 is 2.95 bits per heavy atom. The van der Waals surface area contributed by atoms with Crippen LogP contribution < -0.4 is 5.32 Å². The first-order chi connectivity index (χ1) is 9.70. The summed E-state index contributed by atoms with van der Waals surface area (Å²) in [5.41, 5.74) is 1.00. The minimum atomic E-state index is 0.610. The highest BCUT2D eigenvalue weighted by atomic mass is 16.5. The Bertz CT molecular complexity index is 533. The lowest BCUT2D eigenvalue weighted by Crippen LogP contribution is -2.11. The zero-order valence-corrected chi connectivity index (χ0v) is 12.3. The van der Waals surface area contributed by atoms with Crippen LogP contribution in [0.25, 0.3) is 0 Å². The smallest absolute Gasteiger partial charge is 0.203 e. The molecule has 2 rings (SSSR count). The molecule has 0 saturated heterocycles. The molecule has 0 fully saturated rings. The summed E-state index contributed by atoms with van der Waals surface area (Å²) in [6.45, 7) is 7.04. The molecule has 0 atom stereocenters. The molecule has 2 heterocycles. The van der Waals surface area contributed by atoms with Gasteiger partial charge in [-0.1, -0.05) is 0 Å². The number of nitrogens with zero attached hydrogens (tertiary/aromatic N) is 5. The molecule has 0 unspecified atom stereocenters. The zero-order chi connectivity index (χ0) is 14.4. The number of hydrogen-bond donors (Lipinski definition) is 1. The molecule has 0 radical (unpaired) electrons. The number of nitrogens with one attached hydrogen (secondary N) is 1. The summed E-state index contributed by atoms with van der Waals surface area (Å²) in [7, 11) is 1.93. The van der Waals surface area contributed by atoms with Crippen molar-refractivity contribution in [3.05, 3.63) is 24.0 Å². The van der Waals surface area contributed by atoms with Crippen LogP contribution in [0.2, 0.25) is 0 Å². The lowest BCUT2D eigenvalue weighted by molar-refractivity contribution is 0.142. The molecule has 0 aromatic carbocycles. The molecule has 7 nitrogen and oxygen atoms in total. The first-order valence-electron chi connectivity index (χ1n) is 6.89. The molecule has 110 valence electrons. The van der Waals surface area contributed by atoms with Crippen LogP contribution >= 0.6 is 0 Å². The van der Waals surface area contributed by atoms with E-state index in [1.807, 2.05) is 31.7 Å². The standard InChI is InChI=1S/C13H22N6O/c1-4-20-7-5-6-19-9-11(2)16-13(19)14-8-12-17-15-10-18(12)3/h9-10H,4-8H2,1-3H3,(H,14,16). The molecule has 0 aliphatic heterocycles. The molecule has 20 heavy (non-hydrogen) atoms. The van der Waals surface area contributed by atoms with Crippen LogP contribution in [-0.4, -0.2) is 37.5 Å². The summed E-state index contributed by atoms with van der Waals surface area (Å²) in [6, 6.07) is 0. The van der Waals surface area contributed by atoms with Crippen molar-refractivity contribution in [3.8, 4) is 0 Å². The second kappa shape index (κ2) is 7.04. The van der Waals surface area contributed by atoms with Crippen molar-refractivity contribution in [2.24, 2.45) is 7.05 Å². The van der Waals surface area contributed by atoms with E-state index < -0.39 is 0 Å². The zero-order valence-electron chi connectivity index (χ0n) is 12.3. The van der Waals surface area contributed by atoms with Gasteiger partial charge >= 0.3 is 0 Å². The molecule has 0 saturated carbocycles. The Hall–Kier alpha value is -1.89. The van der Waals surface area contributed by atoms with Crippen LogP contribution in [0.15, 0.2) is 12.5 Å². The first-order valence-corrected chi connectivity index (χ1v) is 6.89. The maximum Gasteiger partial charge on any atom is 0.203 e. The second-order valence-corrected chi connectivity index (χ2v) is 4.66. The number of anilines is 1. The Labute approximate surface area is 119 Å². The molecule has 0 aliphatic carbocycles. The minimum Gasteiger partial charge on any atom is -0.382 e. The average Bonchev–Trinajstić information content (AvgIpc) is 2.98. The van der Waals surface area contributed by atoms with Crippen molar-refractivity contribution in [2.75, 3.05) is 18.5 Å². The van der Waals surface area contributed by atoms with Crippen molar-refractivity contribution in [1.82, 2.24) is 24.3 Å². The maximum atomic E-state index is 5.36.